The van der Waals surface area contributed by atoms with E-state index >= 15 is 0 Å². The molecule has 1 N–H and O–H groups in total. The molecule has 24 heavy (non-hydrogen) atoms. The fourth-order valence-corrected chi connectivity index (χ4v) is 2.35. The van der Waals surface area contributed by atoms with Crippen molar-refractivity contribution in [3.8, 4) is 11.4 Å². The molecule has 1 unspecified atom stereocenters. The third kappa shape index (κ3) is 3.28. The number of hydrogen-bond acceptors (Lipinski definition) is 4. The van der Waals surface area contributed by atoms with Crippen LogP contribution < -0.4 is 5.32 Å². The Labute approximate surface area is 144 Å². The van der Waals surface area contributed by atoms with Gasteiger partial charge in [-0.25, -0.2) is 0 Å². The molecule has 1 amide bonds. The number of carbonyl (C=O) groups is 1. The van der Waals surface area contributed by atoms with Gasteiger partial charge in [-0.3, -0.25) is 4.79 Å². The van der Waals surface area contributed by atoms with Gasteiger partial charge in [-0.1, -0.05) is 48.0 Å². The van der Waals surface area contributed by atoms with E-state index in [1.54, 1.807) is 25.1 Å². The Kier molecular flexibility index (Phi) is 4.57. The Bertz CT molecular complexity index is 862. The number of nitrogens with zero attached hydrogens (tertiary/aromatic N) is 4. The van der Waals surface area contributed by atoms with Gasteiger partial charge in [0.15, 0.2) is 0 Å². The van der Waals surface area contributed by atoms with Crippen LogP contribution in [-0.4, -0.2) is 26.1 Å². The van der Waals surface area contributed by atoms with Crippen molar-refractivity contribution in [3.05, 3.63) is 59.1 Å². The lowest BCUT2D eigenvalue weighted by Crippen LogP contribution is -2.25. The zero-order valence-electron chi connectivity index (χ0n) is 13.3. The zero-order valence-corrected chi connectivity index (χ0v) is 14.0. The normalized spacial score (nSPS) is 12.0. The summed E-state index contributed by atoms with van der Waals surface area (Å²) in [6.07, 6.45) is 0. The number of amides is 1. The van der Waals surface area contributed by atoms with E-state index in [0.717, 1.165) is 11.1 Å². The van der Waals surface area contributed by atoms with E-state index in [9.17, 15) is 4.79 Å². The van der Waals surface area contributed by atoms with Gasteiger partial charge >= 0.3 is 0 Å². The molecule has 1 atom stereocenters. The van der Waals surface area contributed by atoms with Crippen LogP contribution in [0.3, 0.4) is 0 Å². The smallest absolute Gasteiger partial charge is 0.250 e. The number of anilines is 1. The van der Waals surface area contributed by atoms with Crippen molar-refractivity contribution in [1.82, 2.24) is 20.2 Å². The second kappa shape index (κ2) is 6.80. The van der Waals surface area contributed by atoms with E-state index in [1.807, 2.05) is 37.3 Å². The molecule has 3 aromatic rings. The van der Waals surface area contributed by atoms with Crippen LogP contribution in [0.5, 0.6) is 0 Å². The summed E-state index contributed by atoms with van der Waals surface area (Å²) >= 11 is 6.07. The maximum absolute atomic E-state index is 12.4. The standard InChI is InChI=1S/C17H16ClN5O/c1-11-14(18)9-6-10-15(11)19-17(24)12(2)23-21-16(20-22-23)13-7-4-3-5-8-13/h3-10,12H,1-2H3,(H,19,24). The minimum atomic E-state index is -0.603. The first-order valence-corrected chi connectivity index (χ1v) is 7.85. The van der Waals surface area contributed by atoms with E-state index < -0.39 is 6.04 Å². The predicted molar refractivity (Wildman–Crippen MR) is 92.8 cm³/mol. The van der Waals surface area contributed by atoms with Crippen molar-refractivity contribution >= 4 is 23.2 Å². The summed E-state index contributed by atoms with van der Waals surface area (Å²) in [6.45, 7) is 3.56. The van der Waals surface area contributed by atoms with Gasteiger partial charge in [0.1, 0.15) is 6.04 Å². The van der Waals surface area contributed by atoms with Crippen molar-refractivity contribution < 1.29 is 4.79 Å². The lowest BCUT2D eigenvalue weighted by atomic mass is 10.2. The highest BCUT2D eigenvalue weighted by atomic mass is 35.5. The Balaban J connectivity index is 1.77. The van der Waals surface area contributed by atoms with Gasteiger partial charge in [0.05, 0.1) is 0 Å². The molecule has 6 nitrogen and oxygen atoms in total. The highest BCUT2D eigenvalue weighted by Gasteiger charge is 2.19. The van der Waals surface area contributed by atoms with Crippen LogP contribution in [0.2, 0.25) is 5.02 Å². The van der Waals surface area contributed by atoms with Gasteiger partial charge < -0.3 is 5.32 Å². The summed E-state index contributed by atoms with van der Waals surface area (Å²) in [4.78, 5) is 13.7. The fraction of sp³-hybridized carbons (Fsp3) is 0.176. The third-order valence-electron chi connectivity index (χ3n) is 3.71. The Morgan fingerprint density at radius 2 is 1.92 bits per heavy atom. The SMILES string of the molecule is Cc1c(Cl)cccc1NC(=O)C(C)n1nnc(-c2ccccc2)n1. The summed E-state index contributed by atoms with van der Waals surface area (Å²) in [7, 11) is 0. The van der Waals surface area contributed by atoms with E-state index in [1.165, 1.54) is 4.80 Å². The van der Waals surface area contributed by atoms with Crippen molar-refractivity contribution in [2.24, 2.45) is 0 Å². The molecule has 7 heteroatoms. The minimum Gasteiger partial charge on any atom is -0.324 e. The van der Waals surface area contributed by atoms with Gasteiger partial charge in [-0.15, -0.1) is 10.2 Å². The summed E-state index contributed by atoms with van der Waals surface area (Å²) < 4.78 is 0. The quantitative estimate of drug-likeness (QED) is 0.788. The van der Waals surface area contributed by atoms with E-state index in [2.05, 4.69) is 20.7 Å². The lowest BCUT2D eigenvalue weighted by molar-refractivity contribution is -0.119. The highest BCUT2D eigenvalue weighted by molar-refractivity contribution is 6.31. The van der Waals surface area contributed by atoms with Crippen LogP contribution >= 0.6 is 11.6 Å². The topological polar surface area (TPSA) is 72.7 Å². The van der Waals surface area contributed by atoms with Crippen LogP contribution in [0, 0.1) is 6.92 Å². The minimum absolute atomic E-state index is 0.239. The average Bonchev–Trinajstić information content (AvgIpc) is 3.09. The molecule has 0 saturated carbocycles. The molecule has 3 rings (SSSR count). The molecule has 0 saturated heterocycles. The summed E-state index contributed by atoms with van der Waals surface area (Å²) in [5.41, 5.74) is 2.33. The number of tetrazole rings is 1. The van der Waals surface area contributed by atoms with Crippen molar-refractivity contribution in [1.29, 1.82) is 0 Å². The monoisotopic (exact) mass is 341 g/mol. The predicted octanol–water partition coefficient (Wildman–Crippen LogP) is 3.50. The van der Waals surface area contributed by atoms with Gasteiger partial charge in [-0.2, -0.15) is 4.80 Å². The number of halogens is 1. The average molecular weight is 342 g/mol. The zero-order chi connectivity index (χ0) is 17.1. The van der Waals surface area contributed by atoms with Crippen LogP contribution in [0.15, 0.2) is 48.5 Å². The largest absolute Gasteiger partial charge is 0.324 e. The number of benzene rings is 2. The van der Waals surface area contributed by atoms with Crippen LogP contribution in [0.1, 0.15) is 18.5 Å². The number of hydrogen-bond donors (Lipinski definition) is 1. The number of rotatable bonds is 4. The maximum Gasteiger partial charge on any atom is 0.250 e. The highest BCUT2D eigenvalue weighted by Crippen LogP contribution is 2.23. The van der Waals surface area contributed by atoms with E-state index in [-0.39, 0.29) is 5.91 Å². The second-order valence-corrected chi connectivity index (χ2v) is 5.78. The van der Waals surface area contributed by atoms with E-state index in [0.29, 0.717) is 16.5 Å². The molecule has 0 aliphatic rings. The fourth-order valence-electron chi connectivity index (χ4n) is 2.18. The number of nitrogens with one attached hydrogen (secondary N) is 1. The first kappa shape index (κ1) is 16.1. The molecular weight excluding hydrogens is 326 g/mol. The summed E-state index contributed by atoms with van der Waals surface area (Å²) in [5, 5.41) is 15.7. The summed E-state index contributed by atoms with van der Waals surface area (Å²) in [6, 6.07) is 14.3. The molecule has 1 heterocycles. The Morgan fingerprint density at radius 1 is 1.17 bits per heavy atom. The molecule has 1 aromatic heterocycles. The third-order valence-corrected chi connectivity index (χ3v) is 4.12. The molecule has 0 fully saturated rings. The van der Waals surface area contributed by atoms with Gasteiger partial charge in [0.2, 0.25) is 5.82 Å². The molecule has 0 bridgehead atoms. The van der Waals surface area contributed by atoms with Gasteiger partial charge in [-0.05, 0) is 36.8 Å². The van der Waals surface area contributed by atoms with Crippen molar-refractivity contribution in [2.75, 3.05) is 5.32 Å². The van der Waals surface area contributed by atoms with Crippen LogP contribution in [0.4, 0.5) is 5.69 Å². The maximum atomic E-state index is 12.4. The van der Waals surface area contributed by atoms with E-state index in [4.69, 9.17) is 11.6 Å². The number of carbonyl (C=O) groups excluding carboxylic acids is 1. The first-order chi connectivity index (χ1) is 11.6. The Hall–Kier alpha value is -2.73. The van der Waals surface area contributed by atoms with Gasteiger partial charge in [0.25, 0.3) is 5.91 Å². The molecule has 2 aromatic carbocycles. The van der Waals surface area contributed by atoms with Crippen LogP contribution in [-0.2, 0) is 4.79 Å². The molecule has 0 spiro atoms. The van der Waals surface area contributed by atoms with Gasteiger partial charge in [0, 0.05) is 16.3 Å². The lowest BCUT2D eigenvalue weighted by Gasteiger charge is -2.13. The van der Waals surface area contributed by atoms with Crippen molar-refractivity contribution in [3.63, 3.8) is 0 Å². The Morgan fingerprint density at radius 3 is 2.67 bits per heavy atom. The molecule has 122 valence electrons. The second-order valence-electron chi connectivity index (χ2n) is 5.38. The van der Waals surface area contributed by atoms with Crippen molar-refractivity contribution in [2.45, 2.75) is 19.9 Å². The number of aromatic nitrogens is 4. The molecule has 0 radical (unpaired) electrons. The first-order valence-electron chi connectivity index (χ1n) is 7.47. The van der Waals surface area contributed by atoms with Crippen LogP contribution in [0.25, 0.3) is 11.4 Å². The molecule has 0 aliphatic heterocycles. The summed E-state index contributed by atoms with van der Waals surface area (Å²) in [5.74, 6) is 0.242. The molecule has 0 aliphatic carbocycles. The molecular formula is C17H16ClN5O.